The van der Waals surface area contributed by atoms with Gasteiger partial charge in [-0.05, 0) is 31.4 Å². The zero-order chi connectivity index (χ0) is 11.4. The van der Waals surface area contributed by atoms with Gasteiger partial charge in [-0.15, -0.1) is 11.8 Å². The highest BCUT2D eigenvalue weighted by atomic mass is 32.2. The lowest BCUT2D eigenvalue weighted by molar-refractivity contribution is -0.132. The summed E-state index contributed by atoms with van der Waals surface area (Å²) in [5.41, 5.74) is 0.621. The molecule has 0 unspecified atom stereocenters. The highest BCUT2D eigenvalue weighted by molar-refractivity contribution is 7.98. The molecule has 0 aromatic heterocycles. The van der Waals surface area contributed by atoms with Crippen LogP contribution in [0.2, 0.25) is 0 Å². The Hall–Kier alpha value is -1.29. The number of carbonyl (C=O) groups excluding carboxylic acids is 2. The van der Waals surface area contributed by atoms with Gasteiger partial charge in [0.15, 0.2) is 5.78 Å². The summed E-state index contributed by atoms with van der Waals surface area (Å²) in [4.78, 5) is 22.7. The van der Waals surface area contributed by atoms with Crippen molar-refractivity contribution in [3.05, 3.63) is 23.8 Å². The minimum absolute atomic E-state index is 0.000301. The van der Waals surface area contributed by atoms with Crippen LogP contribution in [0.15, 0.2) is 23.1 Å². The van der Waals surface area contributed by atoms with Crippen LogP contribution in [-0.4, -0.2) is 18.0 Å². The lowest BCUT2D eigenvalue weighted by atomic mass is 10.1. The van der Waals surface area contributed by atoms with Crippen LogP contribution >= 0.6 is 11.8 Å². The number of Topliss-reactive ketones (excluding diaryl/α,β-unsaturated/α-hetero) is 1. The van der Waals surface area contributed by atoms with Crippen molar-refractivity contribution in [3.8, 4) is 5.75 Å². The van der Waals surface area contributed by atoms with E-state index in [0.29, 0.717) is 11.3 Å². The van der Waals surface area contributed by atoms with E-state index in [4.69, 9.17) is 4.74 Å². The summed E-state index contributed by atoms with van der Waals surface area (Å²) in [6, 6.07) is 5.02. The van der Waals surface area contributed by atoms with Gasteiger partial charge in [0, 0.05) is 12.5 Å². The molecule has 15 heavy (non-hydrogen) atoms. The van der Waals surface area contributed by atoms with Gasteiger partial charge in [0.1, 0.15) is 5.75 Å². The molecule has 1 aromatic rings. The fraction of sp³-hybridized carbons (Fsp3) is 0.273. The summed E-state index contributed by atoms with van der Waals surface area (Å²) in [6.45, 7) is 2.86. The van der Waals surface area contributed by atoms with Crippen LogP contribution in [0.3, 0.4) is 0 Å². The van der Waals surface area contributed by atoms with Gasteiger partial charge in [0.25, 0.3) is 0 Å². The summed E-state index contributed by atoms with van der Waals surface area (Å²) in [7, 11) is 0. The third-order valence-electron chi connectivity index (χ3n) is 1.82. The second-order valence-electron chi connectivity index (χ2n) is 3.02. The van der Waals surface area contributed by atoms with Gasteiger partial charge in [0.05, 0.1) is 4.90 Å². The molecule has 0 aliphatic rings. The maximum absolute atomic E-state index is 11.1. The number of rotatable bonds is 3. The molecule has 0 fully saturated rings. The van der Waals surface area contributed by atoms with E-state index in [1.165, 1.54) is 25.6 Å². The third-order valence-corrected chi connectivity index (χ3v) is 2.58. The lowest BCUT2D eigenvalue weighted by Gasteiger charge is -2.07. The number of ether oxygens (including phenoxy) is 1. The van der Waals surface area contributed by atoms with Crippen molar-refractivity contribution in [2.75, 3.05) is 6.26 Å². The van der Waals surface area contributed by atoms with Gasteiger partial charge in [-0.1, -0.05) is 0 Å². The van der Waals surface area contributed by atoms with Crippen LogP contribution in [0.25, 0.3) is 0 Å². The van der Waals surface area contributed by atoms with Crippen molar-refractivity contribution in [2.24, 2.45) is 0 Å². The van der Waals surface area contributed by atoms with Crippen molar-refractivity contribution >= 4 is 23.5 Å². The lowest BCUT2D eigenvalue weighted by Crippen LogP contribution is -2.03. The molecule has 4 heteroatoms. The van der Waals surface area contributed by atoms with Crippen molar-refractivity contribution < 1.29 is 14.3 Å². The van der Waals surface area contributed by atoms with Crippen LogP contribution in [0.5, 0.6) is 5.75 Å². The second-order valence-corrected chi connectivity index (χ2v) is 3.86. The van der Waals surface area contributed by atoms with Crippen molar-refractivity contribution in [3.63, 3.8) is 0 Å². The Balaban J connectivity index is 3.08. The van der Waals surface area contributed by atoms with E-state index in [2.05, 4.69) is 0 Å². The Bertz CT molecular complexity index is 399. The zero-order valence-corrected chi connectivity index (χ0v) is 9.68. The molecule has 0 saturated heterocycles. The number of carbonyl (C=O) groups is 2. The molecule has 0 saturated carbocycles. The van der Waals surface area contributed by atoms with Gasteiger partial charge in [-0.3, -0.25) is 9.59 Å². The minimum Gasteiger partial charge on any atom is -0.426 e. The van der Waals surface area contributed by atoms with E-state index < -0.39 is 0 Å². The van der Waals surface area contributed by atoms with Crippen LogP contribution < -0.4 is 4.74 Å². The fourth-order valence-electron chi connectivity index (χ4n) is 1.13. The quantitative estimate of drug-likeness (QED) is 0.342. The molecular formula is C11H12O3S. The summed E-state index contributed by atoms with van der Waals surface area (Å²) in [5, 5.41) is 0. The van der Waals surface area contributed by atoms with E-state index in [-0.39, 0.29) is 11.8 Å². The molecule has 0 aliphatic heterocycles. The second kappa shape index (κ2) is 4.98. The highest BCUT2D eigenvalue weighted by Crippen LogP contribution is 2.28. The third kappa shape index (κ3) is 3.09. The van der Waals surface area contributed by atoms with Crippen molar-refractivity contribution in [2.45, 2.75) is 18.7 Å². The Labute approximate surface area is 92.8 Å². The Morgan fingerprint density at radius 1 is 1.27 bits per heavy atom. The topological polar surface area (TPSA) is 43.4 Å². The summed E-state index contributed by atoms with van der Waals surface area (Å²) in [5.74, 6) is 0.139. The number of hydrogen-bond donors (Lipinski definition) is 0. The molecule has 0 bridgehead atoms. The maximum atomic E-state index is 11.1. The van der Waals surface area contributed by atoms with Crippen LogP contribution in [0.1, 0.15) is 24.2 Å². The van der Waals surface area contributed by atoms with Gasteiger partial charge >= 0.3 is 5.97 Å². The average Bonchev–Trinajstić information content (AvgIpc) is 2.17. The first kappa shape index (κ1) is 11.8. The molecule has 0 atom stereocenters. The number of ketones is 1. The highest BCUT2D eigenvalue weighted by Gasteiger charge is 2.08. The molecule has 0 radical (unpaired) electrons. The molecular weight excluding hydrogens is 212 g/mol. The molecule has 0 spiro atoms. The largest absolute Gasteiger partial charge is 0.426 e. The van der Waals surface area contributed by atoms with Gasteiger partial charge in [0.2, 0.25) is 0 Å². The normalized spacial score (nSPS) is 9.80. The minimum atomic E-state index is -0.360. The van der Waals surface area contributed by atoms with Crippen LogP contribution in [0.4, 0.5) is 0 Å². The maximum Gasteiger partial charge on any atom is 0.308 e. The number of thioether (sulfide) groups is 1. The van der Waals surface area contributed by atoms with E-state index in [1.807, 2.05) is 6.26 Å². The van der Waals surface area contributed by atoms with E-state index in [9.17, 15) is 9.59 Å². The van der Waals surface area contributed by atoms with Gasteiger partial charge in [-0.2, -0.15) is 0 Å². The SMILES string of the molecule is CSc1cc(C(C)=O)ccc1OC(C)=O. The van der Waals surface area contributed by atoms with Gasteiger partial charge in [-0.25, -0.2) is 0 Å². The molecule has 3 nitrogen and oxygen atoms in total. The predicted octanol–water partition coefficient (Wildman–Crippen LogP) is 2.54. The summed E-state index contributed by atoms with van der Waals surface area (Å²) < 4.78 is 5.00. The smallest absolute Gasteiger partial charge is 0.308 e. The molecule has 0 N–H and O–H groups in total. The zero-order valence-electron chi connectivity index (χ0n) is 8.87. The average molecular weight is 224 g/mol. The fourth-order valence-corrected chi connectivity index (χ4v) is 1.68. The standard InChI is InChI=1S/C11H12O3S/c1-7(12)9-4-5-10(14-8(2)13)11(6-9)15-3/h4-6H,1-3H3. The number of esters is 1. The molecule has 0 heterocycles. The number of hydrogen-bond acceptors (Lipinski definition) is 4. The Kier molecular flexibility index (Phi) is 3.91. The van der Waals surface area contributed by atoms with E-state index in [0.717, 1.165) is 4.90 Å². The monoisotopic (exact) mass is 224 g/mol. The van der Waals surface area contributed by atoms with Crippen LogP contribution in [-0.2, 0) is 4.79 Å². The summed E-state index contributed by atoms with van der Waals surface area (Å²) >= 11 is 1.44. The Morgan fingerprint density at radius 2 is 1.93 bits per heavy atom. The Morgan fingerprint density at radius 3 is 2.40 bits per heavy atom. The molecule has 1 aromatic carbocycles. The van der Waals surface area contributed by atoms with Crippen molar-refractivity contribution in [1.29, 1.82) is 0 Å². The molecule has 0 amide bonds. The van der Waals surface area contributed by atoms with Crippen LogP contribution in [0, 0.1) is 0 Å². The van der Waals surface area contributed by atoms with E-state index >= 15 is 0 Å². The first-order valence-corrected chi connectivity index (χ1v) is 5.64. The molecule has 80 valence electrons. The number of benzene rings is 1. The van der Waals surface area contributed by atoms with Crippen molar-refractivity contribution in [1.82, 2.24) is 0 Å². The first-order chi connectivity index (χ1) is 7.04. The molecule has 0 aliphatic carbocycles. The van der Waals surface area contributed by atoms with Gasteiger partial charge < -0.3 is 4.74 Å². The molecule has 1 rings (SSSR count). The first-order valence-electron chi connectivity index (χ1n) is 4.42. The summed E-state index contributed by atoms with van der Waals surface area (Å²) in [6.07, 6.45) is 1.87. The van der Waals surface area contributed by atoms with E-state index in [1.54, 1.807) is 18.2 Å². The predicted molar refractivity (Wildman–Crippen MR) is 59.5 cm³/mol.